The predicted octanol–water partition coefficient (Wildman–Crippen LogP) is 4.36. The Balaban J connectivity index is 1.31. The van der Waals surface area contributed by atoms with Gasteiger partial charge in [0.2, 0.25) is 0 Å². The second kappa shape index (κ2) is 5.06. The SMILES string of the molecule is NC1CCC(CCC2C3CC4CC(C3)CC2C4)CC1. The van der Waals surface area contributed by atoms with Gasteiger partial charge in [-0.15, -0.1) is 0 Å². The van der Waals surface area contributed by atoms with Crippen molar-refractivity contribution in [3.8, 4) is 0 Å². The molecule has 1 nitrogen and oxygen atoms in total. The van der Waals surface area contributed by atoms with Crippen LogP contribution < -0.4 is 5.73 Å². The van der Waals surface area contributed by atoms with Gasteiger partial charge in [-0.2, -0.15) is 0 Å². The summed E-state index contributed by atoms with van der Waals surface area (Å²) < 4.78 is 0. The van der Waals surface area contributed by atoms with Gasteiger partial charge in [0, 0.05) is 6.04 Å². The summed E-state index contributed by atoms with van der Waals surface area (Å²) in [7, 11) is 0. The van der Waals surface area contributed by atoms with E-state index in [-0.39, 0.29) is 0 Å². The Morgan fingerprint density at radius 3 is 1.84 bits per heavy atom. The molecular weight excluding hydrogens is 230 g/mol. The van der Waals surface area contributed by atoms with Crippen LogP contribution in [0, 0.1) is 35.5 Å². The summed E-state index contributed by atoms with van der Waals surface area (Å²) in [6.07, 6.45) is 16.6. The van der Waals surface area contributed by atoms with Crippen LogP contribution >= 0.6 is 0 Å². The highest BCUT2D eigenvalue weighted by atomic mass is 14.6. The molecule has 0 amide bonds. The minimum Gasteiger partial charge on any atom is -0.328 e. The third kappa shape index (κ3) is 2.48. The third-order valence-electron chi connectivity index (χ3n) is 7.22. The Kier molecular flexibility index (Phi) is 3.38. The molecule has 0 saturated heterocycles. The first-order valence-electron chi connectivity index (χ1n) is 9.03. The molecule has 0 atom stereocenters. The molecule has 0 radical (unpaired) electrons. The summed E-state index contributed by atoms with van der Waals surface area (Å²) in [5, 5.41) is 0. The first kappa shape index (κ1) is 12.7. The van der Waals surface area contributed by atoms with Crippen LogP contribution in [0.15, 0.2) is 0 Å². The van der Waals surface area contributed by atoms with E-state index >= 15 is 0 Å². The van der Waals surface area contributed by atoms with Gasteiger partial charge < -0.3 is 5.73 Å². The average molecular weight is 261 g/mol. The van der Waals surface area contributed by atoms with Crippen molar-refractivity contribution in [2.24, 2.45) is 41.2 Å². The van der Waals surface area contributed by atoms with Gasteiger partial charge in [-0.1, -0.05) is 6.42 Å². The van der Waals surface area contributed by atoms with E-state index in [1.807, 2.05) is 0 Å². The Morgan fingerprint density at radius 2 is 1.26 bits per heavy atom. The van der Waals surface area contributed by atoms with E-state index in [4.69, 9.17) is 5.73 Å². The molecule has 1 heteroatoms. The second-order valence-corrected chi connectivity index (χ2v) is 8.45. The Bertz CT molecular complexity index is 288. The molecule has 0 heterocycles. The van der Waals surface area contributed by atoms with Crippen molar-refractivity contribution in [2.75, 3.05) is 0 Å². The zero-order valence-corrected chi connectivity index (χ0v) is 12.4. The summed E-state index contributed by atoms with van der Waals surface area (Å²) in [4.78, 5) is 0. The predicted molar refractivity (Wildman–Crippen MR) is 79.7 cm³/mol. The Labute approximate surface area is 118 Å². The lowest BCUT2D eigenvalue weighted by atomic mass is 9.51. The zero-order chi connectivity index (χ0) is 12.8. The molecule has 5 rings (SSSR count). The highest BCUT2D eigenvalue weighted by Crippen LogP contribution is 2.57. The molecule has 5 aliphatic carbocycles. The minimum atomic E-state index is 0.525. The largest absolute Gasteiger partial charge is 0.328 e. The van der Waals surface area contributed by atoms with Gasteiger partial charge in [0.05, 0.1) is 0 Å². The lowest BCUT2D eigenvalue weighted by Gasteiger charge is -2.55. The molecule has 0 aromatic carbocycles. The van der Waals surface area contributed by atoms with Crippen LogP contribution in [0.1, 0.15) is 70.6 Å². The average Bonchev–Trinajstić information content (AvgIpc) is 2.39. The number of hydrogen-bond acceptors (Lipinski definition) is 1. The van der Waals surface area contributed by atoms with Crippen LogP contribution in [0.3, 0.4) is 0 Å². The molecule has 2 N–H and O–H groups in total. The normalized spacial score (nSPS) is 52.6. The van der Waals surface area contributed by atoms with Crippen molar-refractivity contribution in [2.45, 2.75) is 76.7 Å². The smallest absolute Gasteiger partial charge is 0.00390 e. The van der Waals surface area contributed by atoms with E-state index in [0.717, 1.165) is 35.5 Å². The van der Waals surface area contributed by atoms with Crippen molar-refractivity contribution < 1.29 is 0 Å². The highest BCUT2D eigenvalue weighted by molar-refractivity contribution is 4.98. The number of nitrogens with two attached hydrogens (primary N) is 1. The van der Waals surface area contributed by atoms with Gasteiger partial charge in [-0.3, -0.25) is 0 Å². The Morgan fingerprint density at radius 1 is 0.684 bits per heavy atom. The molecule has 0 aromatic rings. The monoisotopic (exact) mass is 261 g/mol. The van der Waals surface area contributed by atoms with Crippen molar-refractivity contribution in [1.29, 1.82) is 0 Å². The summed E-state index contributed by atoms with van der Waals surface area (Å²) in [5.41, 5.74) is 6.03. The fraction of sp³-hybridized carbons (Fsp3) is 1.00. The molecule has 19 heavy (non-hydrogen) atoms. The van der Waals surface area contributed by atoms with Gasteiger partial charge >= 0.3 is 0 Å². The lowest BCUT2D eigenvalue weighted by Crippen LogP contribution is -2.45. The van der Waals surface area contributed by atoms with Gasteiger partial charge in [-0.25, -0.2) is 0 Å². The van der Waals surface area contributed by atoms with Gasteiger partial charge in [-0.05, 0) is 99.7 Å². The fourth-order valence-electron chi connectivity index (χ4n) is 6.41. The second-order valence-electron chi connectivity index (χ2n) is 8.45. The maximum absolute atomic E-state index is 6.03. The minimum absolute atomic E-state index is 0.525. The van der Waals surface area contributed by atoms with E-state index in [0.29, 0.717) is 6.04 Å². The molecular formula is C18H31N. The number of rotatable bonds is 3. The van der Waals surface area contributed by atoms with Crippen LogP contribution in [-0.2, 0) is 0 Å². The zero-order valence-electron chi connectivity index (χ0n) is 12.4. The van der Waals surface area contributed by atoms with Crippen molar-refractivity contribution in [1.82, 2.24) is 0 Å². The van der Waals surface area contributed by atoms with Crippen LogP contribution in [-0.4, -0.2) is 6.04 Å². The van der Waals surface area contributed by atoms with Gasteiger partial charge in [0.25, 0.3) is 0 Å². The molecule has 0 aliphatic heterocycles. The van der Waals surface area contributed by atoms with Crippen LogP contribution in [0.4, 0.5) is 0 Å². The molecule has 4 bridgehead atoms. The number of hydrogen-bond donors (Lipinski definition) is 1. The van der Waals surface area contributed by atoms with Crippen LogP contribution in [0.25, 0.3) is 0 Å². The third-order valence-corrected chi connectivity index (χ3v) is 7.22. The quantitative estimate of drug-likeness (QED) is 0.802. The van der Waals surface area contributed by atoms with E-state index in [1.54, 1.807) is 38.5 Å². The first-order chi connectivity index (χ1) is 9.28. The maximum atomic E-state index is 6.03. The molecule has 108 valence electrons. The maximum Gasteiger partial charge on any atom is 0.00390 e. The summed E-state index contributed by atoms with van der Waals surface area (Å²) in [5.74, 6) is 6.72. The molecule has 0 unspecified atom stereocenters. The first-order valence-corrected chi connectivity index (χ1v) is 9.03. The van der Waals surface area contributed by atoms with Crippen molar-refractivity contribution in [3.63, 3.8) is 0 Å². The van der Waals surface area contributed by atoms with Gasteiger partial charge in [0.1, 0.15) is 0 Å². The topological polar surface area (TPSA) is 26.0 Å². The molecule has 5 fully saturated rings. The van der Waals surface area contributed by atoms with E-state index in [2.05, 4.69) is 0 Å². The van der Waals surface area contributed by atoms with E-state index < -0.39 is 0 Å². The van der Waals surface area contributed by atoms with E-state index in [9.17, 15) is 0 Å². The van der Waals surface area contributed by atoms with E-state index in [1.165, 1.54) is 32.1 Å². The molecule has 0 spiro atoms. The molecule has 5 saturated carbocycles. The fourth-order valence-corrected chi connectivity index (χ4v) is 6.41. The summed E-state index contributed by atoms with van der Waals surface area (Å²) >= 11 is 0. The van der Waals surface area contributed by atoms with Crippen molar-refractivity contribution in [3.05, 3.63) is 0 Å². The van der Waals surface area contributed by atoms with Crippen LogP contribution in [0.2, 0.25) is 0 Å². The molecule has 5 aliphatic rings. The molecule has 0 aromatic heterocycles. The van der Waals surface area contributed by atoms with Crippen LogP contribution in [0.5, 0.6) is 0 Å². The Hall–Kier alpha value is -0.0400. The standard InChI is InChI=1S/C18H31N/c19-17-4-1-12(2-5-17)3-6-18-15-8-13-7-14(10-15)11-16(18)9-13/h12-18H,1-11,19H2. The highest BCUT2D eigenvalue weighted by Gasteiger charge is 2.47. The lowest BCUT2D eigenvalue weighted by molar-refractivity contribution is -0.0422. The van der Waals surface area contributed by atoms with Gasteiger partial charge in [0.15, 0.2) is 0 Å². The van der Waals surface area contributed by atoms with Crippen molar-refractivity contribution >= 4 is 0 Å². The summed E-state index contributed by atoms with van der Waals surface area (Å²) in [6, 6.07) is 0.525. The summed E-state index contributed by atoms with van der Waals surface area (Å²) in [6.45, 7) is 0.